The lowest BCUT2D eigenvalue weighted by atomic mass is 9.94. The first-order valence-electron chi connectivity index (χ1n) is 8.57. The molecule has 1 amide bonds. The monoisotopic (exact) mass is 353 g/mol. The van der Waals surface area contributed by atoms with E-state index in [9.17, 15) is 10.1 Å². The molecule has 2 aromatic rings. The molecule has 1 atom stereocenters. The van der Waals surface area contributed by atoms with E-state index in [1.165, 1.54) is 22.5 Å². The van der Waals surface area contributed by atoms with Crippen LogP contribution in [-0.4, -0.2) is 30.4 Å². The molecule has 1 N–H and O–H groups in total. The Bertz CT molecular complexity index is 834. The fourth-order valence-corrected chi connectivity index (χ4v) is 4.52. The molecule has 130 valence electrons. The fraction of sp³-hybridized carbons (Fsp3) is 0.400. The van der Waals surface area contributed by atoms with Gasteiger partial charge in [0.15, 0.2) is 0 Å². The van der Waals surface area contributed by atoms with Gasteiger partial charge in [-0.1, -0.05) is 24.3 Å². The quantitative estimate of drug-likeness (QED) is 0.905. The van der Waals surface area contributed by atoms with Crippen LogP contribution < -0.4 is 5.32 Å². The van der Waals surface area contributed by atoms with Crippen LogP contribution in [-0.2, 0) is 4.79 Å². The predicted octanol–water partition coefficient (Wildman–Crippen LogP) is 3.97. The molecule has 1 aromatic carbocycles. The highest BCUT2D eigenvalue weighted by Gasteiger charge is 2.26. The van der Waals surface area contributed by atoms with Crippen molar-refractivity contribution in [2.75, 3.05) is 25.0 Å². The normalized spacial score (nSPS) is 17.4. The van der Waals surface area contributed by atoms with Gasteiger partial charge in [0.1, 0.15) is 11.1 Å². The SMILES string of the molecule is Cc1ccccc1C1CCN(CC(=O)Nc2sc(C)c(C)c2C#N)C1. The third-order valence-corrected chi connectivity index (χ3v) is 6.14. The summed E-state index contributed by atoms with van der Waals surface area (Å²) in [6.07, 6.45) is 1.08. The number of anilines is 1. The second kappa shape index (κ2) is 7.38. The van der Waals surface area contributed by atoms with E-state index in [2.05, 4.69) is 47.5 Å². The van der Waals surface area contributed by atoms with Crippen molar-refractivity contribution in [3.63, 3.8) is 0 Å². The summed E-state index contributed by atoms with van der Waals surface area (Å²) in [6.45, 7) is 8.27. The fourth-order valence-electron chi connectivity index (χ4n) is 3.49. The lowest BCUT2D eigenvalue weighted by Crippen LogP contribution is -2.31. The van der Waals surface area contributed by atoms with Crippen molar-refractivity contribution in [1.29, 1.82) is 5.26 Å². The molecule has 0 bridgehead atoms. The molecular weight excluding hydrogens is 330 g/mol. The molecule has 25 heavy (non-hydrogen) atoms. The highest BCUT2D eigenvalue weighted by Crippen LogP contribution is 2.32. The van der Waals surface area contributed by atoms with E-state index < -0.39 is 0 Å². The summed E-state index contributed by atoms with van der Waals surface area (Å²) in [4.78, 5) is 15.7. The van der Waals surface area contributed by atoms with Crippen LogP contribution in [0.1, 0.15) is 39.5 Å². The van der Waals surface area contributed by atoms with Gasteiger partial charge in [0.25, 0.3) is 0 Å². The van der Waals surface area contributed by atoms with Gasteiger partial charge < -0.3 is 5.32 Å². The Hall–Kier alpha value is -2.16. The Morgan fingerprint density at radius 3 is 2.84 bits per heavy atom. The highest BCUT2D eigenvalue weighted by molar-refractivity contribution is 7.16. The van der Waals surface area contributed by atoms with Crippen LogP contribution in [0, 0.1) is 32.1 Å². The molecule has 0 saturated carbocycles. The minimum Gasteiger partial charge on any atom is -0.315 e. The third kappa shape index (κ3) is 3.76. The Morgan fingerprint density at radius 1 is 1.36 bits per heavy atom. The number of hydrogen-bond donors (Lipinski definition) is 1. The minimum atomic E-state index is -0.0387. The first kappa shape index (κ1) is 17.7. The van der Waals surface area contributed by atoms with Gasteiger partial charge in [-0.05, 0) is 56.3 Å². The van der Waals surface area contributed by atoms with Crippen molar-refractivity contribution in [1.82, 2.24) is 4.90 Å². The maximum Gasteiger partial charge on any atom is 0.239 e. The van der Waals surface area contributed by atoms with Gasteiger partial charge in [-0.15, -0.1) is 11.3 Å². The molecule has 5 heteroatoms. The molecule has 1 saturated heterocycles. The lowest BCUT2D eigenvalue weighted by Gasteiger charge is -2.16. The van der Waals surface area contributed by atoms with E-state index in [0.29, 0.717) is 23.0 Å². The van der Waals surface area contributed by atoms with Crippen molar-refractivity contribution < 1.29 is 4.79 Å². The summed E-state index contributed by atoms with van der Waals surface area (Å²) in [5.74, 6) is 0.457. The van der Waals surface area contributed by atoms with E-state index in [-0.39, 0.29) is 5.91 Å². The molecule has 1 unspecified atom stereocenters. The molecule has 0 aliphatic carbocycles. The number of benzene rings is 1. The van der Waals surface area contributed by atoms with Crippen molar-refractivity contribution in [2.24, 2.45) is 0 Å². The van der Waals surface area contributed by atoms with Gasteiger partial charge in [0, 0.05) is 11.4 Å². The molecule has 2 heterocycles. The zero-order valence-corrected chi connectivity index (χ0v) is 15.7. The van der Waals surface area contributed by atoms with Gasteiger partial charge in [-0.25, -0.2) is 0 Å². The molecule has 0 radical (unpaired) electrons. The number of carbonyl (C=O) groups excluding carboxylic acids is 1. The molecule has 1 aliphatic heterocycles. The lowest BCUT2D eigenvalue weighted by molar-refractivity contribution is -0.117. The Labute approximate surface area is 153 Å². The molecule has 0 spiro atoms. The van der Waals surface area contributed by atoms with E-state index in [1.807, 2.05) is 13.8 Å². The molecular formula is C20H23N3OS. The topological polar surface area (TPSA) is 56.1 Å². The van der Waals surface area contributed by atoms with Gasteiger partial charge in [0.2, 0.25) is 5.91 Å². The second-order valence-electron chi connectivity index (χ2n) is 6.72. The third-order valence-electron chi connectivity index (χ3n) is 5.02. The van der Waals surface area contributed by atoms with Gasteiger partial charge in [-0.3, -0.25) is 9.69 Å². The number of nitrogens with zero attached hydrogens (tertiary/aromatic N) is 2. The Kier molecular flexibility index (Phi) is 5.22. The second-order valence-corrected chi connectivity index (χ2v) is 7.95. The molecule has 3 rings (SSSR count). The van der Waals surface area contributed by atoms with Gasteiger partial charge in [0.05, 0.1) is 12.1 Å². The van der Waals surface area contributed by atoms with E-state index in [0.717, 1.165) is 30.0 Å². The van der Waals surface area contributed by atoms with Gasteiger partial charge >= 0.3 is 0 Å². The summed E-state index contributed by atoms with van der Waals surface area (Å²) >= 11 is 1.48. The smallest absolute Gasteiger partial charge is 0.239 e. The number of carbonyl (C=O) groups is 1. The van der Waals surface area contributed by atoms with E-state index in [1.54, 1.807) is 0 Å². The van der Waals surface area contributed by atoms with Crippen molar-refractivity contribution in [3.05, 3.63) is 51.4 Å². The highest BCUT2D eigenvalue weighted by atomic mass is 32.1. The van der Waals surface area contributed by atoms with Crippen molar-refractivity contribution in [3.8, 4) is 6.07 Å². The van der Waals surface area contributed by atoms with Crippen molar-refractivity contribution in [2.45, 2.75) is 33.1 Å². The van der Waals surface area contributed by atoms with Crippen LogP contribution in [0.2, 0.25) is 0 Å². The molecule has 4 nitrogen and oxygen atoms in total. The summed E-state index contributed by atoms with van der Waals surface area (Å²) in [5, 5.41) is 12.9. The number of likely N-dealkylation sites (tertiary alicyclic amines) is 1. The van der Waals surface area contributed by atoms with Crippen LogP contribution >= 0.6 is 11.3 Å². The first-order chi connectivity index (χ1) is 12.0. The number of rotatable bonds is 4. The molecule has 1 aliphatic rings. The summed E-state index contributed by atoms with van der Waals surface area (Å²) < 4.78 is 0. The first-order valence-corrected chi connectivity index (χ1v) is 9.39. The predicted molar refractivity (Wildman–Crippen MR) is 102 cm³/mol. The zero-order chi connectivity index (χ0) is 18.0. The van der Waals surface area contributed by atoms with Gasteiger partial charge in [-0.2, -0.15) is 5.26 Å². The number of thiophene rings is 1. The number of nitriles is 1. The summed E-state index contributed by atoms with van der Waals surface area (Å²) in [6, 6.07) is 10.7. The van der Waals surface area contributed by atoms with E-state index >= 15 is 0 Å². The summed E-state index contributed by atoms with van der Waals surface area (Å²) in [5.41, 5.74) is 4.27. The van der Waals surface area contributed by atoms with Crippen molar-refractivity contribution >= 4 is 22.2 Å². The Balaban J connectivity index is 1.61. The van der Waals surface area contributed by atoms with Crippen LogP contribution in [0.3, 0.4) is 0 Å². The van der Waals surface area contributed by atoms with Crippen LogP contribution in [0.25, 0.3) is 0 Å². The average Bonchev–Trinajstić information content (AvgIpc) is 3.13. The van der Waals surface area contributed by atoms with Crippen LogP contribution in [0.4, 0.5) is 5.00 Å². The van der Waals surface area contributed by atoms with E-state index in [4.69, 9.17) is 0 Å². The Morgan fingerprint density at radius 2 is 2.12 bits per heavy atom. The zero-order valence-electron chi connectivity index (χ0n) is 14.9. The summed E-state index contributed by atoms with van der Waals surface area (Å²) in [7, 11) is 0. The number of amides is 1. The minimum absolute atomic E-state index is 0.0387. The average molecular weight is 353 g/mol. The van der Waals surface area contributed by atoms with Crippen LogP contribution in [0.5, 0.6) is 0 Å². The number of nitrogens with one attached hydrogen (secondary N) is 1. The number of hydrogen-bond acceptors (Lipinski definition) is 4. The number of aryl methyl sites for hydroxylation is 2. The van der Waals surface area contributed by atoms with Crippen LogP contribution in [0.15, 0.2) is 24.3 Å². The molecule has 1 fully saturated rings. The maximum absolute atomic E-state index is 12.4. The largest absolute Gasteiger partial charge is 0.315 e. The standard InChI is InChI=1S/C20H23N3OS/c1-13-6-4-5-7-17(13)16-8-9-23(11-16)12-19(24)22-20-18(10-21)14(2)15(3)25-20/h4-7,16H,8-9,11-12H2,1-3H3,(H,22,24). The molecule has 1 aromatic heterocycles. The maximum atomic E-state index is 12.4.